The first-order valence-corrected chi connectivity index (χ1v) is 9.55. The van der Waals surface area contributed by atoms with E-state index in [0.717, 1.165) is 50.6 Å². The zero-order valence-corrected chi connectivity index (χ0v) is 18.5. The van der Waals surface area contributed by atoms with Gasteiger partial charge in [-0.15, -0.1) is 35.3 Å². The van der Waals surface area contributed by atoms with Crippen LogP contribution in [0, 0.1) is 5.92 Å². The van der Waals surface area contributed by atoms with Crippen LogP contribution in [0.4, 0.5) is 0 Å². The lowest BCUT2D eigenvalue weighted by atomic mass is 9.95. The predicted molar refractivity (Wildman–Crippen MR) is 115 cm³/mol. The minimum atomic E-state index is -0.214. The molecule has 1 aromatic heterocycles. The van der Waals surface area contributed by atoms with Gasteiger partial charge in [0.15, 0.2) is 5.96 Å². The number of rotatable bonds is 6. The molecule has 0 aliphatic carbocycles. The number of nitrogens with zero attached hydrogens (tertiary/aromatic N) is 3. The first kappa shape index (κ1) is 22.1. The average Bonchev–Trinajstić information content (AvgIpc) is 3.00. The van der Waals surface area contributed by atoms with E-state index in [1.807, 2.05) is 0 Å². The van der Waals surface area contributed by atoms with Crippen molar-refractivity contribution in [2.24, 2.45) is 16.6 Å². The van der Waals surface area contributed by atoms with Crippen molar-refractivity contribution >= 4 is 47.2 Å². The minimum Gasteiger partial charge on any atom is -0.370 e. The lowest BCUT2D eigenvalue weighted by Gasteiger charge is -2.34. The number of carbonyl (C=O) groups is 1. The standard InChI is InChI=1S/C17H29N5OS.HI/c1-12(2)16-21-14(11-24-16)6-7-20-17(19-3)22-8-4-5-13(10-22)9-15(18)23;/h11-13H,4-10H2,1-3H3,(H2,18,23)(H,19,20);1H. The Kier molecular flexibility index (Phi) is 9.70. The van der Waals surface area contributed by atoms with Crippen LogP contribution in [-0.2, 0) is 11.2 Å². The van der Waals surface area contributed by atoms with E-state index in [9.17, 15) is 4.79 Å². The molecule has 142 valence electrons. The van der Waals surface area contributed by atoms with E-state index in [2.05, 4.69) is 39.4 Å². The Balaban J connectivity index is 0.00000312. The number of nitrogens with two attached hydrogens (primary N) is 1. The minimum absolute atomic E-state index is 0. The lowest BCUT2D eigenvalue weighted by Crippen LogP contribution is -2.47. The van der Waals surface area contributed by atoms with Gasteiger partial charge in [-0.05, 0) is 18.8 Å². The number of aromatic nitrogens is 1. The van der Waals surface area contributed by atoms with E-state index in [1.165, 1.54) is 5.01 Å². The van der Waals surface area contributed by atoms with Gasteiger partial charge >= 0.3 is 0 Å². The maximum atomic E-state index is 11.1. The van der Waals surface area contributed by atoms with Crippen LogP contribution in [0.2, 0.25) is 0 Å². The van der Waals surface area contributed by atoms with Crippen LogP contribution in [0.25, 0.3) is 0 Å². The summed E-state index contributed by atoms with van der Waals surface area (Å²) in [6.07, 6.45) is 3.49. The Morgan fingerprint density at radius 3 is 2.92 bits per heavy atom. The molecule has 25 heavy (non-hydrogen) atoms. The maximum absolute atomic E-state index is 11.1. The number of guanidine groups is 1. The Bertz CT molecular complexity index is 575. The smallest absolute Gasteiger partial charge is 0.217 e. The number of primary amides is 1. The molecule has 0 saturated carbocycles. The molecule has 3 N–H and O–H groups in total. The fourth-order valence-electron chi connectivity index (χ4n) is 3.05. The molecule has 1 fully saturated rings. The van der Waals surface area contributed by atoms with Crippen molar-refractivity contribution < 1.29 is 4.79 Å². The normalized spacial score (nSPS) is 18.2. The summed E-state index contributed by atoms with van der Waals surface area (Å²) in [6.45, 7) is 6.97. The summed E-state index contributed by atoms with van der Waals surface area (Å²) >= 11 is 1.73. The predicted octanol–water partition coefficient (Wildman–Crippen LogP) is 2.59. The van der Waals surface area contributed by atoms with Crippen LogP contribution in [0.3, 0.4) is 0 Å². The highest BCUT2D eigenvalue weighted by molar-refractivity contribution is 14.0. The summed E-state index contributed by atoms with van der Waals surface area (Å²) in [7, 11) is 1.81. The van der Waals surface area contributed by atoms with Gasteiger partial charge in [0.05, 0.1) is 10.7 Å². The molecular weight excluding hydrogens is 449 g/mol. The molecule has 1 unspecified atom stereocenters. The summed E-state index contributed by atoms with van der Waals surface area (Å²) in [5.74, 6) is 1.51. The molecular formula is C17H30IN5OS. The van der Waals surface area contributed by atoms with Crippen LogP contribution >= 0.6 is 35.3 Å². The summed E-state index contributed by atoms with van der Waals surface area (Å²) in [4.78, 5) is 22.4. The number of halogens is 1. The van der Waals surface area contributed by atoms with Crippen LogP contribution in [0.15, 0.2) is 10.4 Å². The van der Waals surface area contributed by atoms with Gasteiger partial charge in [-0.2, -0.15) is 0 Å². The van der Waals surface area contributed by atoms with E-state index >= 15 is 0 Å². The third kappa shape index (κ3) is 7.08. The Morgan fingerprint density at radius 1 is 1.56 bits per heavy atom. The Hall–Kier alpha value is -0.900. The second-order valence-electron chi connectivity index (χ2n) is 6.68. The number of nitrogens with one attached hydrogen (secondary N) is 1. The SMILES string of the molecule is CN=C(NCCc1csc(C(C)C)n1)N1CCCC(CC(N)=O)C1.I. The van der Waals surface area contributed by atoms with Crippen molar-refractivity contribution in [3.05, 3.63) is 16.1 Å². The summed E-state index contributed by atoms with van der Waals surface area (Å²) in [5.41, 5.74) is 6.47. The highest BCUT2D eigenvalue weighted by Crippen LogP contribution is 2.20. The third-order valence-corrected chi connectivity index (χ3v) is 5.44. The zero-order valence-electron chi connectivity index (χ0n) is 15.3. The molecule has 1 atom stereocenters. The topological polar surface area (TPSA) is 83.6 Å². The van der Waals surface area contributed by atoms with E-state index in [0.29, 0.717) is 18.3 Å². The summed E-state index contributed by atoms with van der Waals surface area (Å²) in [5, 5.41) is 6.76. The summed E-state index contributed by atoms with van der Waals surface area (Å²) in [6, 6.07) is 0. The molecule has 0 radical (unpaired) electrons. The Labute approximate surface area is 171 Å². The van der Waals surface area contributed by atoms with Crippen LogP contribution in [-0.4, -0.2) is 48.4 Å². The first-order chi connectivity index (χ1) is 11.5. The van der Waals surface area contributed by atoms with Gasteiger partial charge in [0.2, 0.25) is 5.91 Å². The molecule has 1 aliphatic heterocycles. The number of hydrogen-bond acceptors (Lipinski definition) is 4. The molecule has 2 rings (SSSR count). The lowest BCUT2D eigenvalue weighted by molar-refractivity contribution is -0.119. The van der Waals surface area contributed by atoms with Gasteiger partial charge in [-0.1, -0.05) is 13.8 Å². The van der Waals surface area contributed by atoms with E-state index < -0.39 is 0 Å². The molecule has 0 spiro atoms. The molecule has 1 amide bonds. The van der Waals surface area contributed by atoms with Crippen molar-refractivity contribution in [1.82, 2.24) is 15.2 Å². The van der Waals surface area contributed by atoms with Gasteiger partial charge in [-0.25, -0.2) is 4.98 Å². The third-order valence-electron chi connectivity index (χ3n) is 4.25. The van der Waals surface area contributed by atoms with Gasteiger partial charge in [0, 0.05) is 50.8 Å². The quantitative estimate of drug-likeness (QED) is 0.373. The van der Waals surface area contributed by atoms with Crippen molar-refractivity contribution in [1.29, 1.82) is 0 Å². The van der Waals surface area contributed by atoms with E-state index in [4.69, 9.17) is 5.73 Å². The highest BCUT2D eigenvalue weighted by Gasteiger charge is 2.23. The molecule has 8 heteroatoms. The van der Waals surface area contributed by atoms with Gasteiger partial charge < -0.3 is 16.0 Å². The van der Waals surface area contributed by atoms with Crippen molar-refractivity contribution in [3.8, 4) is 0 Å². The van der Waals surface area contributed by atoms with E-state index in [1.54, 1.807) is 18.4 Å². The van der Waals surface area contributed by atoms with E-state index in [-0.39, 0.29) is 29.9 Å². The second kappa shape index (κ2) is 10.9. The molecule has 0 aromatic carbocycles. The zero-order chi connectivity index (χ0) is 17.5. The average molecular weight is 479 g/mol. The highest BCUT2D eigenvalue weighted by atomic mass is 127. The maximum Gasteiger partial charge on any atom is 0.217 e. The first-order valence-electron chi connectivity index (χ1n) is 8.67. The summed E-state index contributed by atoms with van der Waals surface area (Å²) < 4.78 is 0. The number of thiazole rings is 1. The fourth-order valence-corrected chi connectivity index (χ4v) is 3.92. The van der Waals surface area contributed by atoms with Gasteiger partial charge in [0.25, 0.3) is 0 Å². The monoisotopic (exact) mass is 479 g/mol. The van der Waals surface area contributed by atoms with Crippen LogP contribution in [0.5, 0.6) is 0 Å². The number of hydrogen-bond donors (Lipinski definition) is 2. The number of aliphatic imine (C=N–C) groups is 1. The second-order valence-corrected chi connectivity index (χ2v) is 7.57. The molecule has 2 heterocycles. The van der Waals surface area contributed by atoms with Crippen molar-refractivity contribution in [3.63, 3.8) is 0 Å². The van der Waals surface area contributed by atoms with Crippen molar-refractivity contribution in [2.75, 3.05) is 26.7 Å². The number of likely N-dealkylation sites (tertiary alicyclic amines) is 1. The molecule has 1 saturated heterocycles. The molecule has 0 bridgehead atoms. The fraction of sp³-hybridized carbons (Fsp3) is 0.706. The van der Waals surface area contributed by atoms with Gasteiger partial charge in [0.1, 0.15) is 0 Å². The Morgan fingerprint density at radius 2 is 2.32 bits per heavy atom. The van der Waals surface area contributed by atoms with Gasteiger partial charge in [-0.3, -0.25) is 9.79 Å². The number of amides is 1. The van der Waals surface area contributed by atoms with Crippen LogP contribution < -0.4 is 11.1 Å². The molecule has 6 nitrogen and oxygen atoms in total. The largest absolute Gasteiger partial charge is 0.370 e. The molecule has 1 aromatic rings. The number of piperidine rings is 1. The molecule has 1 aliphatic rings. The van der Waals surface area contributed by atoms with Crippen LogP contribution in [0.1, 0.15) is 49.7 Å². The number of carbonyl (C=O) groups excluding carboxylic acids is 1. The van der Waals surface area contributed by atoms with Crippen molar-refractivity contribution in [2.45, 2.75) is 45.4 Å².